The quantitative estimate of drug-likeness (QED) is 0.449. The largest absolute Gasteiger partial charge is 0.508 e. The van der Waals surface area contributed by atoms with Crippen LogP contribution in [0, 0.1) is 20.8 Å². The predicted molar refractivity (Wildman–Crippen MR) is 126 cm³/mol. The van der Waals surface area contributed by atoms with Gasteiger partial charge >= 0.3 is 25.8 Å². The second kappa shape index (κ2) is 7.87. The highest BCUT2D eigenvalue weighted by Gasteiger charge is 2.55. The molecule has 0 spiro atoms. The Morgan fingerprint density at radius 1 is 1.09 bits per heavy atom. The van der Waals surface area contributed by atoms with Crippen LogP contribution in [0.4, 0.5) is 0 Å². The third-order valence-electron chi connectivity index (χ3n) is 8.32. The Kier molecular flexibility index (Phi) is 5.36. The number of phenolic OH excluding ortho intramolecular Hbond substituents is 1. The minimum Gasteiger partial charge on any atom is -0.508 e. The number of hydrogen-bond donors (Lipinski definition) is 3. The summed E-state index contributed by atoms with van der Waals surface area (Å²) in [5.74, 6) is -1.43. The van der Waals surface area contributed by atoms with Crippen molar-refractivity contribution in [2.75, 3.05) is 0 Å². The maximum atomic E-state index is 13.3. The van der Waals surface area contributed by atoms with E-state index in [0.717, 1.165) is 19.3 Å². The number of Topliss-reactive ketones (excluding diaryl/α,β-unsaturated/α-hetero) is 1. The maximum Gasteiger partial charge on any atom is 0.342 e. The molecule has 7 nitrogen and oxygen atoms in total. The molecule has 0 radical (unpaired) electrons. The average molecular weight is 564 g/mol. The van der Waals surface area contributed by atoms with Crippen LogP contribution in [-0.4, -0.2) is 33.2 Å². The fraction of sp³-hybridized carbons (Fsp3) is 0.440. The molecule has 174 valence electrons. The molecule has 2 aromatic carbocycles. The van der Waals surface area contributed by atoms with Crippen LogP contribution < -0.4 is 0 Å². The van der Waals surface area contributed by atoms with Crippen molar-refractivity contribution < 1.29 is 31.0 Å². The van der Waals surface area contributed by atoms with Crippen molar-refractivity contribution >= 4 is 31.5 Å². The van der Waals surface area contributed by atoms with Gasteiger partial charge in [0.15, 0.2) is 5.78 Å². The number of carbonyl (C=O) groups is 2. The van der Waals surface area contributed by atoms with Crippen molar-refractivity contribution in [3.63, 3.8) is 0 Å². The molecule has 3 N–H and O–H groups in total. The van der Waals surface area contributed by atoms with Crippen LogP contribution >= 0.6 is 19.8 Å². The van der Waals surface area contributed by atoms with Crippen LogP contribution in [0.25, 0.3) is 11.1 Å². The molecular weight excluding hydrogens is 539 g/mol. The average Bonchev–Trinajstić information content (AvgIpc) is 3.07. The first-order chi connectivity index (χ1) is 15.6. The molecule has 0 saturated heterocycles. The van der Waals surface area contributed by atoms with Crippen molar-refractivity contribution in [2.24, 2.45) is 17.3 Å². The highest BCUT2D eigenvalue weighted by molar-refractivity contribution is 14.2. The smallest absolute Gasteiger partial charge is 0.342 e. The van der Waals surface area contributed by atoms with Crippen molar-refractivity contribution in [2.45, 2.75) is 51.0 Å². The van der Waals surface area contributed by atoms with E-state index in [1.807, 2.05) is 0 Å². The molecule has 5 rings (SSSR count). The van der Waals surface area contributed by atoms with Crippen molar-refractivity contribution in [3.05, 3.63) is 50.6 Å². The maximum absolute atomic E-state index is 13.3. The van der Waals surface area contributed by atoms with Gasteiger partial charge in [-0.1, -0.05) is 19.1 Å². The third kappa shape index (κ3) is 3.32. The van der Waals surface area contributed by atoms with Gasteiger partial charge in [-0.15, -0.1) is 0 Å². The number of fused-ring (bicyclic) bond motifs is 5. The van der Waals surface area contributed by atoms with E-state index in [4.69, 9.17) is 0 Å². The first kappa shape index (κ1) is 22.5. The zero-order valence-electron chi connectivity index (χ0n) is 18.1. The Balaban J connectivity index is 1.75. The first-order valence-corrected chi connectivity index (χ1v) is 14.0. The van der Waals surface area contributed by atoms with Gasteiger partial charge in [0.05, 0.1) is 15.2 Å². The van der Waals surface area contributed by atoms with E-state index in [2.05, 4.69) is 6.92 Å². The lowest BCUT2D eigenvalue weighted by Gasteiger charge is -2.50. The number of aliphatic hydroxyl groups excluding tert-OH is 1. The van der Waals surface area contributed by atoms with Crippen molar-refractivity contribution in [1.82, 2.24) is 0 Å². The summed E-state index contributed by atoms with van der Waals surface area (Å²) in [4.78, 5) is 25.0. The van der Waals surface area contributed by atoms with Crippen LogP contribution in [0.3, 0.4) is 0 Å². The molecule has 5 atom stereocenters. The monoisotopic (exact) mass is 564 g/mol. The summed E-state index contributed by atoms with van der Waals surface area (Å²) in [7, 11) is 0. The standard InChI is InChI=1S/C25H25IO7/c1-25-8-7-13-16(19(25)5-6-21(25)29)11-20(28)18-10-12(27)9-17(22(13)18)14-3-2-4-15(24(30)31)23(14)26(32)33/h2-4,9-10,13,16,19,21,27,29H,5-8,11H2,1H3,(H,30,31)/t13-,16+,19-,21-,25-/m0/s1. The Bertz CT molecular complexity index is 1260. The van der Waals surface area contributed by atoms with Gasteiger partial charge in [-0.2, -0.15) is 0 Å². The highest BCUT2D eigenvalue weighted by Crippen LogP contribution is 2.62. The zero-order valence-corrected chi connectivity index (χ0v) is 20.2. The third-order valence-corrected chi connectivity index (χ3v) is 10.4. The molecule has 8 heteroatoms. The fourth-order valence-corrected chi connectivity index (χ4v) is 8.62. The van der Waals surface area contributed by atoms with Gasteiger partial charge in [-0.3, -0.25) is 4.79 Å². The SMILES string of the molecule is C[C@]12CC[C@@H]3c4c(cc(O)cc4-c4cccc(C(=O)O)c4I(=O)=O)C(=O)C[C@H]3[C@@H]1CC[C@@H]2O. The molecule has 2 fully saturated rings. The second-order valence-corrected chi connectivity index (χ2v) is 12.1. The lowest BCUT2D eigenvalue weighted by Crippen LogP contribution is -2.45. The molecule has 0 amide bonds. The number of aliphatic hydroxyl groups is 1. The Hall–Kier alpha value is -2.33. The van der Waals surface area contributed by atoms with Gasteiger partial charge in [-0.05, 0) is 78.2 Å². The summed E-state index contributed by atoms with van der Waals surface area (Å²) in [6.45, 7) is 2.10. The van der Waals surface area contributed by atoms with E-state index in [1.54, 1.807) is 6.07 Å². The number of ketones is 1. The second-order valence-electron chi connectivity index (χ2n) is 9.79. The minimum absolute atomic E-state index is 0.0180. The number of hydrogen-bond acceptors (Lipinski definition) is 6. The van der Waals surface area contributed by atoms with E-state index in [-0.39, 0.29) is 49.4 Å². The molecular formula is C25H25IO7. The molecule has 0 aromatic heterocycles. The van der Waals surface area contributed by atoms with Crippen LogP contribution in [-0.2, 0) is 6.14 Å². The number of halogens is 1. The summed E-state index contributed by atoms with van der Waals surface area (Å²) in [6.07, 6.45) is 3.00. The van der Waals surface area contributed by atoms with Gasteiger partial charge in [-0.25, -0.2) is 10.9 Å². The fourth-order valence-electron chi connectivity index (χ4n) is 6.79. The van der Waals surface area contributed by atoms with Crippen LogP contribution in [0.2, 0.25) is 0 Å². The highest BCUT2D eigenvalue weighted by atomic mass is 127. The van der Waals surface area contributed by atoms with Crippen LogP contribution in [0.5, 0.6) is 5.75 Å². The van der Waals surface area contributed by atoms with Crippen LogP contribution in [0.15, 0.2) is 30.3 Å². The predicted octanol–water partition coefficient (Wildman–Crippen LogP) is 4.98. The summed E-state index contributed by atoms with van der Waals surface area (Å²) >= 11 is -4.25. The number of aromatic carboxylic acids is 1. The zero-order chi connectivity index (χ0) is 23.7. The molecule has 0 aliphatic heterocycles. The molecule has 2 saturated carbocycles. The van der Waals surface area contributed by atoms with E-state index in [9.17, 15) is 31.0 Å². The van der Waals surface area contributed by atoms with Gasteiger partial charge in [0, 0.05) is 17.5 Å². The van der Waals surface area contributed by atoms with Gasteiger partial charge < -0.3 is 15.3 Å². The Morgan fingerprint density at radius 2 is 1.82 bits per heavy atom. The Morgan fingerprint density at radius 3 is 2.52 bits per heavy atom. The normalized spacial score (nSPS) is 30.6. The van der Waals surface area contributed by atoms with Gasteiger partial charge in [0.1, 0.15) is 5.75 Å². The molecule has 2 aromatic rings. The summed E-state index contributed by atoms with van der Waals surface area (Å²) in [6, 6.07) is 7.20. The van der Waals surface area contributed by atoms with E-state index in [1.165, 1.54) is 24.3 Å². The molecule has 0 bridgehead atoms. The number of aromatic hydroxyl groups is 1. The summed E-state index contributed by atoms with van der Waals surface area (Å²) in [5, 5.41) is 30.7. The number of phenols is 1. The topological polar surface area (TPSA) is 129 Å². The van der Waals surface area contributed by atoms with Crippen LogP contribution in [0.1, 0.15) is 71.2 Å². The van der Waals surface area contributed by atoms with E-state index < -0.39 is 31.9 Å². The van der Waals surface area contributed by atoms with E-state index >= 15 is 0 Å². The molecule has 0 heterocycles. The minimum atomic E-state index is -4.25. The lowest BCUT2D eigenvalue weighted by atomic mass is 9.54. The number of carboxylic acids is 1. The lowest BCUT2D eigenvalue weighted by molar-refractivity contribution is -0.0207. The van der Waals surface area contributed by atoms with E-state index in [0.29, 0.717) is 29.5 Å². The van der Waals surface area contributed by atoms with Gasteiger partial charge in [0.2, 0.25) is 0 Å². The Labute approximate surface area is 198 Å². The number of carboxylic acid groups (broad SMARTS) is 1. The first-order valence-electron chi connectivity index (χ1n) is 11.1. The summed E-state index contributed by atoms with van der Waals surface area (Å²) < 4.78 is 24.3. The summed E-state index contributed by atoms with van der Waals surface area (Å²) in [5.41, 5.74) is 1.20. The number of rotatable bonds is 3. The molecule has 33 heavy (non-hydrogen) atoms. The van der Waals surface area contributed by atoms with Gasteiger partial charge in [0.25, 0.3) is 0 Å². The van der Waals surface area contributed by atoms with Crippen molar-refractivity contribution in [1.29, 1.82) is 0 Å². The molecule has 3 aliphatic rings. The molecule has 0 unspecified atom stereocenters. The number of benzene rings is 2. The molecule has 3 aliphatic carbocycles. The van der Waals surface area contributed by atoms with Crippen molar-refractivity contribution in [3.8, 4) is 16.9 Å². The number of carbonyl (C=O) groups excluding carboxylic acids is 1.